The topological polar surface area (TPSA) is 59.9 Å². The Balaban J connectivity index is 1.55. The summed E-state index contributed by atoms with van der Waals surface area (Å²) in [5, 5.41) is 3.39. The highest BCUT2D eigenvalue weighted by Crippen LogP contribution is 2.37. The molecule has 0 unspecified atom stereocenters. The molecule has 1 heterocycles. The second kappa shape index (κ2) is 10.9. The third kappa shape index (κ3) is 6.10. The molecule has 0 atom stereocenters. The minimum atomic E-state index is -0.180. The molecule has 0 radical (unpaired) electrons. The van der Waals surface area contributed by atoms with Gasteiger partial charge in [-0.05, 0) is 74.0 Å². The molecular formula is C27H25BrN2O3S. The highest BCUT2D eigenvalue weighted by molar-refractivity contribution is 9.10. The highest BCUT2D eigenvalue weighted by atomic mass is 79.9. The molecule has 3 aromatic rings. The van der Waals surface area contributed by atoms with E-state index in [1.807, 2.05) is 68.5 Å². The number of amidine groups is 1. The van der Waals surface area contributed by atoms with Gasteiger partial charge in [0.05, 0.1) is 17.2 Å². The molecule has 4 rings (SSSR count). The lowest BCUT2D eigenvalue weighted by atomic mass is 10.1. The Morgan fingerprint density at radius 2 is 1.76 bits per heavy atom. The molecule has 7 heteroatoms. The van der Waals surface area contributed by atoms with Gasteiger partial charge in [-0.2, -0.15) is 0 Å². The number of ether oxygens (including phenoxy) is 2. The van der Waals surface area contributed by atoms with E-state index in [0.29, 0.717) is 34.8 Å². The molecular weight excluding hydrogens is 512 g/mol. The van der Waals surface area contributed by atoms with Crippen LogP contribution in [0.1, 0.15) is 29.2 Å². The molecule has 1 amide bonds. The van der Waals surface area contributed by atoms with E-state index >= 15 is 0 Å². The SMILES string of the molecule is CCOc1cc(/C=C2/SC(=Nc3ccc(C)cc3)NC2=O)c(Br)cc1OCc1cccc(C)c1. The van der Waals surface area contributed by atoms with Gasteiger partial charge in [0.25, 0.3) is 5.91 Å². The van der Waals surface area contributed by atoms with Gasteiger partial charge in [-0.25, -0.2) is 4.99 Å². The standard InChI is InChI=1S/C27H25BrN2O3S/c1-4-32-23-13-20(22(28)15-24(23)33-16-19-7-5-6-18(3)12-19)14-25-26(31)30-27(34-25)29-21-10-8-17(2)9-11-21/h5-15H,4,16H2,1-3H3,(H,29,30,31)/b25-14+. The predicted molar refractivity (Wildman–Crippen MR) is 143 cm³/mol. The van der Waals surface area contributed by atoms with Crippen LogP contribution in [0.2, 0.25) is 0 Å². The number of nitrogens with one attached hydrogen (secondary N) is 1. The lowest BCUT2D eigenvalue weighted by Crippen LogP contribution is -2.19. The number of aliphatic imine (C=N–C) groups is 1. The van der Waals surface area contributed by atoms with Crippen molar-refractivity contribution in [1.82, 2.24) is 5.32 Å². The molecule has 0 aliphatic carbocycles. The Hall–Kier alpha value is -3.03. The normalized spacial score (nSPS) is 15.6. The summed E-state index contributed by atoms with van der Waals surface area (Å²) in [6, 6.07) is 19.8. The van der Waals surface area contributed by atoms with E-state index in [1.54, 1.807) is 0 Å². The largest absolute Gasteiger partial charge is 0.490 e. The van der Waals surface area contributed by atoms with E-state index in [0.717, 1.165) is 26.9 Å². The van der Waals surface area contributed by atoms with Crippen LogP contribution in [0.25, 0.3) is 6.08 Å². The zero-order valence-corrected chi connectivity index (χ0v) is 21.6. The van der Waals surface area contributed by atoms with E-state index in [-0.39, 0.29) is 5.91 Å². The molecule has 0 bridgehead atoms. The van der Waals surface area contributed by atoms with Crippen molar-refractivity contribution in [1.29, 1.82) is 0 Å². The molecule has 5 nitrogen and oxygen atoms in total. The average molecular weight is 537 g/mol. The molecule has 0 saturated carbocycles. The van der Waals surface area contributed by atoms with E-state index < -0.39 is 0 Å². The summed E-state index contributed by atoms with van der Waals surface area (Å²) in [6.07, 6.45) is 1.83. The van der Waals surface area contributed by atoms with Crippen molar-refractivity contribution >= 4 is 50.5 Å². The minimum absolute atomic E-state index is 0.180. The maximum Gasteiger partial charge on any atom is 0.264 e. The zero-order chi connectivity index (χ0) is 24.1. The summed E-state index contributed by atoms with van der Waals surface area (Å²) in [6.45, 7) is 6.95. The molecule has 0 spiro atoms. The van der Waals surface area contributed by atoms with E-state index in [1.165, 1.54) is 17.3 Å². The smallest absolute Gasteiger partial charge is 0.264 e. The van der Waals surface area contributed by atoms with E-state index in [4.69, 9.17) is 9.47 Å². The average Bonchev–Trinajstić information content (AvgIpc) is 3.15. The first-order valence-corrected chi connectivity index (χ1v) is 12.5. The van der Waals surface area contributed by atoms with Crippen molar-refractivity contribution in [2.75, 3.05) is 6.61 Å². The van der Waals surface area contributed by atoms with Gasteiger partial charge in [0.15, 0.2) is 16.7 Å². The number of carbonyl (C=O) groups is 1. The number of halogens is 1. The zero-order valence-electron chi connectivity index (χ0n) is 19.2. The van der Waals surface area contributed by atoms with Crippen LogP contribution in [0.3, 0.4) is 0 Å². The molecule has 1 fully saturated rings. The Labute approximate surface area is 212 Å². The Morgan fingerprint density at radius 1 is 1.00 bits per heavy atom. The first-order chi connectivity index (χ1) is 16.4. The van der Waals surface area contributed by atoms with Gasteiger partial charge in [-0.1, -0.05) is 63.5 Å². The van der Waals surface area contributed by atoms with Crippen LogP contribution in [0.5, 0.6) is 11.5 Å². The molecule has 1 N–H and O–H groups in total. The van der Waals surface area contributed by atoms with Crippen molar-refractivity contribution in [2.45, 2.75) is 27.4 Å². The first kappa shape index (κ1) is 24.1. The Morgan fingerprint density at radius 3 is 2.50 bits per heavy atom. The summed E-state index contributed by atoms with van der Waals surface area (Å²) < 4.78 is 12.7. The van der Waals surface area contributed by atoms with Crippen LogP contribution < -0.4 is 14.8 Å². The van der Waals surface area contributed by atoms with Gasteiger partial charge in [0.1, 0.15) is 6.61 Å². The molecule has 1 saturated heterocycles. The quantitative estimate of drug-likeness (QED) is 0.332. The van der Waals surface area contributed by atoms with Gasteiger partial charge >= 0.3 is 0 Å². The summed E-state index contributed by atoms with van der Waals surface area (Å²) in [7, 11) is 0. The van der Waals surface area contributed by atoms with Crippen LogP contribution in [0.15, 0.2) is 75.0 Å². The molecule has 34 heavy (non-hydrogen) atoms. The number of thioether (sulfide) groups is 1. The lowest BCUT2D eigenvalue weighted by Gasteiger charge is -2.14. The predicted octanol–water partition coefficient (Wildman–Crippen LogP) is 6.94. The van der Waals surface area contributed by atoms with E-state index in [2.05, 4.69) is 45.3 Å². The van der Waals surface area contributed by atoms with Crippen molar-refractivity contribution in [3.05, 3.63) is 92.3 Å². The fourth-order valence-corrected chi connectivity index (χ4v) is 4.63. The van der Waals surface area contributed by atoms with Crippen LogP contribution in [-0.2, 0) is 11.4 Å². The lowest BCUT2D eigenvalue weighted by molar-refractivity contribution is -0.115. The van der Waals surface area contributed by atoms with Crippen molar-refractivity contribution in [3.8, 4) is 11.5 Å². The second-order valence-electron chi connectivity index (χ2n) is 7.85. The third-order valence-corrected chi connectivity index (χ3v) is 6.64. The van der Waals surface area contributed by atoms with Crippen molar-refractivity contribution in [2.24, 2.45) is 4.99 Å². The number of rotatable bonds is 7. The Kier molecular flexibility index (Phi) is 7.75. The number of amides is 1. The highest BCUT2D eigenvalue weighted by Gasteiger charge is 2.24. The van der Waals surface area contributed by atoms with Crippen molar-refractivity contribution < 1.29 is 14.3 Å². The maximum absolute atomic E-state index is 12.6. The first-order valence-electron chi connectivity index (χ1n) is 10.9. The maximum atomic E-state index is 12.6. The van der Waals surface area contributed by atoms with Gasteiger partial charge in [0.2, 0.25) is 0 Å². The number of hydrogen-bond donors (Lipinski definition) is 1. The van der Waals surface area contributed by atoms with Crippen LogP contribution in [0.4, 0.5) is 5.69 Å². The fraction of sp³-hybridized carbons (Fsp3) is 0.185. The van der Waals surface area contributed by atoms with Crippen molar-refractivity contribution in [3.63, 3.8) is 0 Å². The minimum Gasteiger partial charge on any atom is -0.490 e. The van der Waals surface area contributed by atoms with Gasteiger partial charge in [-0.3, -0.25) is 4.79 Å². The number of hydrogen-bond acceptors (Lipinski definition) is 5. The molecule has 3 aromatic carbocycles. The van der Waals surface area contributed by atoms with Crippen LogP contribution in [0, 0.1) is 13.8 Å². The molecule has 0 aromatic heterocycles. The van der Waals surface area contributed by atoms with Gasteiger partial charge in [-0.15, -0.1) is 0 Å². The summed E-state index contributed by atoms with van der Waals surface area (Å²) in [5.41, 5.74) is 5.05. The molecule has 1 aliphatic rings. The monoisotopic (exact) mass is 536 g/mol. The molecule has 174 valence electrons. The number of nitrogens with zero attached hydrogens (tertiary/aromatic N) is 1. The van der Waals surface area contributed by atoms with Crippen LogP contribution >= 0.6 is 27.7 Å². The summed E-state index contributed by atoms with van der Waals surface area (Å²) in [5.74, 6) is 1.09. The Bertz CT molecular complexity index is 1270. The molecule has 1 aliphatic heterocycles. The number of carbonyl (C=O) groups excluding carboxylic acids is 1. The second-order valence-corrected chi connectivity index (χ2v) is 9.73. The summed E-state index contributed by atoms with van der Waals surface area (Å²) in [4.78, 5) is 17.6. The van der Waals surface area contributed by atoms with E-state index in [9.17, 15) is 4.79 Å². The van der Waals surface area contributed by atoms with Crippen LogP contribution in [-0.4, -0.2) is 17.7 Å². The third-order valence-electron chi connectivity index (χ3n) is 5.04. The van der Waals surface area contributed by atoms with Gasteiger partial charge in [0, 0.05) is 4.47 Å². The van der Waals surface area contributed by atoms with Gasteiger partial charge < -0.3 is 14.8 Å². The number of aryl methyl sites for hydroxylation is 2. The summed E-state index contributed by atoms with van der Waals surface area (Å²) >= 11 is 4.93. The fourth-order valence-electron chi connectivity index (χ4n) is 3.36. The number of benzene rings is 3.